The number of hydrogen-bond acceptors (Lipinski definition) is 6. The van der Waals surface area contributed by atoms with Gasteiger partial charge in [0.25, 0.3) is 0 Å². The van der Waals surface area contributed by atoms with Crippen LogP contribution >= 0.6 is 0 Å². The normalized spacial score (nSPS) is 10.5. The van der Waals surface area contributed by atoms with Crippen LogP contribution in [0.4, 0.5) is 11.8 Å². The average molecular weight is 280 g/mol. The minimum Gasteiger partial charge on any atom is -0.364 e. The largest absolute Gasteiger partial charge is 0.364 e. The molecule has 2 heterocycles. The zero-order valence-electron chi connectivity index (χ0n) is 11.7. The van der Waals surface area contributed by atoms with Crippen LogP contribution in [0.1, 0.15) is 12.6 Å². The first-order chi connectivity index (χ1) is 10.4. The molecule has 0 aliphatic carbocycles. The summed E-state index contributed by atoms with van der Waals surface area (Å²) in [7, 11) is 0. The molecule has 21 heavy (non-hydrogen) atoms. The lowest BCUT2D eigenvalue weighted by atomic mass is 10.2. The zero-order valence-corrected chi connectivity index (χ0v) is 11.7. The average Bonchev–Trinajstić information content (AvgIpc) is 2.54. The predicted octanol–water partition coefficient (Wildman–Crippen LogP) is 2.46. The molecule has 2 N–H and O–H groups in total. The monoisotopic (exact) mass is 280 g/mol. The molecule has 0 radical (unpaired) electrons. The Morgan fingerprint density at radius 3 is 2.76 bits per heavy atom. The van der Waals surface area contributed by atoms with Gasteiger partial charge in [0, 0.05) is 18.1 Å². The molecule has 0 amide bonds. The molecule has 0 fully saturated rings. The van der Waals surface area contributed by atoms with E-state index in [2.05, 4.69) is 30.6 Å². The Labute approximate surface area is 122 Å². The first-order valence-corrected chi connectivity index (χ1v) is 6.86. The number of hydrogen-bond donors (Lipinski definition) is 2. The van der Waals surface area contributed by atoms with E-state index in [9.17, 15) is 0 Å². The molecule has 0 atom stereocenters. The lowest BCUT2D eigenvalue weighted by molar-refractivity contribution is 0.994. The van der Waals surface area contributed by atoms with Crippen LogP contribution in [-0.2, 0) is 6.54 Å². The Kier molecular flexibility index (Phi) is 3.86. The van der Waals surface area contributed by atoms with E-state index in [0.29, 0.717) is 12.5 Å². The summed E-state index contributed by atoms with van der Waals surface area (Å²) in [4.78, 5) is 17.1. The summed E-state index contributed by atoms with van der Waals surface area (Å²) in [5, 5.41) is 7.47. The van der Waals surface area contributed by atoms with Crippen molar-refractivity contribution in [1.29, 1.82) is 0 Å². The van der Waals surface area contributed by atoms with E-state index in [1.807, 2.05) is 37.3 Å². The smallest absolute Gasteiger partial charge is 0.225 e. The molecule has 0 aliphatic heterocycles. The number of anilines is 2. The first kappa shape index (κ1) is 13.2. The molecule has 0 spiro atoms. The Morgan fingerprint density at radius 1 is 1.05 bits per heavy atom. The summed E-state index contributed by atoms with van der Waals surface area (Å²) in [6.07, 6.45) is 3.27. The molecule has 2 aromatic heterocycles. The third-order valence-corrected chi connectivity index (χ3v) is 3.02. The van der Waals surface area contributed by atoms with Crippen molar-refractivity contribution in [2.24, 2.45) is 0 Å². The fraction of sp³-hybridized carbons (Fsp3) is 0.200. The van der Waals surface area contributed by atoms with E-state index in [1.54, 1.807) is 12.5 Å². The number of nitrogens with zero attached hydrogens (tertiary/aromatic N) is 4. The quantitative estimate of drug-likeness (QED) is 0.747. The topological polar surface area (TPSA) is 75.6 Å². The Balaban J connectivity index is 1.92. The summed E-state index contributed by atoms with van der Waals surface area (Å²) in [5.74, 6) is 1.43. The van der Waals surface area contributed by atoms with Gasteiger partial charge in [-0.05, 0) is 25.1 Å². The molecule has 6 heteroatoms. The highest BCUT2D eigenvalue weighted by Gasteiger charge is 2.07. The van der Waals surface area contributed by atoms with Crippen LogP contribution in [0.2, 0.25) is 0 Å². The van der Waals surface area contributed by atoms with Crippen LogP contribution < -0.4 is 10.6 Å². The standard InChI is InChI=1S/C15H16N6/c1-2-17-15-20-13-6-4-3-5-12(13)14(21-15)18-9-11-7-8-16-10-19-11/h3-8,10H,2,9H2,1H3,(H2,17,18,20,21). The number of nitrogens with one attached hydrogen (secondary N) is 2. The minimum absolute atomic E-state index is 0.592. The maximum atomic E-state index is 4.53. The molecule has 0 unspecified atom stereocenters. The highest BCUT2D eigenvalue weighted by Crippen LogP contribution is 2.22. The molecule has 6 nitrogen and oxygen atoms in total. The lowest BCUT2D eigenvalue weighted by Crippen LogP contribution is -2.08. The van der Waals surface area contributed by atoms with Crippen LogP contribution in [0.3, 0.4) is 0 Å². The van der Waals surface area contributed by atoms with Gasteiger partial charge in [-0.3, -0.25) is 0 Å². The third-order valence-electron chi connectivity index (χ3n) is 3.02. The second-order valence-electron chi connectivity index (χ2n) is 4.50. The van der Waals surface area contributed by atoms with Crippen LogP contribution in [0, 0.1) is 0 Å². The molecule has 1 aromatic carbocycles. The summed E-state index contributed by atoms with van der Waals surface area (Å²) in [6.45, 7) is 3.39. The van der Waals surface area contributed by atoms with Gasteiger partial charge >= 0.3 is 0 Å². The third kappa shape index (κ3) is 3.05. The van der Waals surface area contributed by atoms with Crippen molar-refractivity contribution in [3.05, 3.63) is 48.5 Å². The number of aromatic nitrogens is 4. The van der Waals surface area contributed by atoms with Crippen molar-refractivity contribution in [3.63, 3.8) is 0 Å². The van der Waals surface area contributed by atoms with Gasteiger partial charge in [-0.1, -0.05) is 12.1 Å². The van der Waals surface area contributed by atoms with Crippen LogP contribution in [0.5, 0.6) is 0 Å². The number of rotatable bonds is 5. The van der Waals surface area contributed by atoms with Crippen molar-refractivity contribution in [2.75, 3.05) is 17.2 Å². The summed E-state index contributed by atoms with van der Waals surface area (Å²) in [5.41, 5.74) is 1.83. The minimum atomic E-state index is 0.592. The number of para-hydroxylation sites is 1. The number of benzene rings is 1. The SMILES string of the molecule is CCNc1nc(NCc2ccncn2)c2ccccc2n1. The van der Waals surface area contributed by atoms with Crippen molar-refractivity contribution < 1.29 is 0 Å². The Bertz CT molecular complexity index is 729. The predicted molar refractivity (Wildman–Crippen MR) is 83.1 cm³/mol. The molecule has 0 saturated heterocycles. The van der Waals surface area contributed by atoms with E-state index in [-0.39, 0.29) is 0 Å². The van der Waals surface area contributed by atoms with Gasteiger partial charge in [-0.2, -0.15) is 4.98 Å². The second kappa shape index (κ2) is 6.13. The first-order valence-electron chi connectivity index (χ1n) is 6.86. The van der Waals surface area contributed by atoms with E-state index in [4.69, 9.17) is 0 Å². The van der Waals surface area contributed by atoms with Gasteiger partial charge in [0.15, 0.2) is 0 Å². The molecular weight excluding hydrogens is 264 g/mol. The van der Waals surface area contributed by atoms with E-state index in [1.165, 1.54) is 0 Å². The van der Waals surface area contributed by atoms with Crippen molar-refractivity contribution in [3.8, 4) is 0 Å². The Morgan fingerprint density at radius 2 is 1.95 bits per heavy atom. The molecule has 106 valence electrons. The molecular formula is C15H16N6. The van der Waals surface area contributed by atoms with Gasteiger partial charge in [-0.25, -0.2) is 15.0 Å². The van der Waals surface area contributed by atoms with E-state index < -0.39 is 0 Å². The fourth-order valence-electron chi connectivity index (χ4n) is 2.05. The maximum absolute atomic E-state index is 4.53. The second-order valence-corrected chi connectivity index (χ2v) is 4.50. The lowest BCUT2D eigenvalue weighted by Gasteiger charge is -2.10. The molecule has 0 saturated carbocycles. The van der Waals surface area contributed by atoms with Crippen molar-refractivity contribution in [1.82, 2.24) is 19.9 Å². The number of fused-ring (bicyclic) bond motifs is 1. The molecule has 3 aromatic rings. The van der Waals surface area contributed by atoms with Crippen LogP contribution in [0.15, 0.2) is 42.9 Å². The van der Waals surface area contributed by atoms with E-state index in [0.717, 1.165) is 29.0 Å². The highest BCUT2D eigenvalue weighted by atomic mass is 15.1. The highest BCUT2D eigenvalue weighted by molar-refractivity contribution is 5.89. The van der Waals surface area contributed by atoms with Gasteiger partial charge in [0.1, 0.15) is 12.1 Å². The van der Waals surface area contributed by atoms with Gasteiger partial charge < -0.3 is 10.6 Å². The summed E-state index contributed by atoms with van der Waals surface area (Å²) < 4.78 is 0. The Hall–Kier alpha value is -2.76. The van der Waals surface area contributed by atoms with E-state index >= 15 is 0 Å². The summed E-state index contributed by atoms with van der Waals surface area (Å²) in [6, 6.07) is 9.82. The van der Waals surface area contributed by atoms with Gasteiger partial charge in [0.05, 0.1) is 17.8 Å². The molecule has 3 rings (SSSR count). The molecule has 0 bridgehead atoms. The van der Waals surface area contributed by atoms with Crippen molar-refractivity contribution in [2.45, 2.75) is 13.5 Å². The van der Waals surface area contributed by atoms with Crippen LogP contribution in [-0.4, -0.2) is 26.5 Å². The van der Waals surface area contributed by atoms with Gasteiger partial charge in [0.2, 0.25) is 5.95 Å². The fourth-order valence-corrected chi connectivity index (χ4v) is 2.05. The zero-order chi connectivity index (χ0) is 14.5. The van der Waals surface area contributed by atoms with Crippen LogP contribution in [0.25, 0.3) is 10.9 Å². The molecule has 0 aliphatic rings. The van der Waals surface area contributed by atoms with Crippen molar-refractivity contribution >= 4 is 22.7 Å². The maximum Gasteiger partial charge on any atom is 0.225 e. The van der Waals surface area contributed by atoms with Gasteiger partial charge in [-0.15, -0.1) is 0 Å². The summed E-state index contributed by atoms with van der Waals surface area (Å²) >= 11 is 0.